The second-order valence-corrected chi connectivity index (χ2v) is 9.80. The highest BCUT2D eigenvalue weighted by atomic mass is 16.5. The Morgan fingerprint density at radius 1 is 0.975 bits per heavy atom. The van der Waals surface area contributed by atoms with Gasteiger partial charge >= 0.3 is 5.76 Å². The summed E-state index contributed by atoms with van der Waals surface area (Å²) in [5.41, 5.74) is 7.54. The van der Waals surface area contributed by atoms with E-state index < -0.39 is 5.76 Å². The molecule has 0 saturated carbocycles. The van der Waals surface area contributed by atoms with Crippen LogP contribution in [0.4, 0.5) is 5.69 Å². The lowest BCUT2D eigenvalue weighted by molar-refractivity contribution is 0.355. The average Bonchev–Trinajstić information content (AvgIpc) is 3.43. The van der Waals surface area contributed by atoms with Gasteiger partial charge in [0, 0.05) is 29.6 Å². The van der Waals surface area contributed by atoms with E-state index in [0.29, 0.717) is 17.3 Å². The number of aliphatic imine (C=N–C) groups is 1. The molecule has 40 heavy (non-hydrogen) atoms. The topological polar surface area (TPSA) is 93.0 Å². The zero-order valence-corrected chi connectivity index (χ0v) is 23.4. The van der Waals surface area contributed by atoms with Crippen LogP contribution in [0.15, 0.2) is 92.3 Å². The van der Waals surface area contributed by atoms with Gasteiger partial charge in [0.05, 0.1) is 14.2 Å². The van der Waals surface area contributed by atoms with Crippen LogP contribution in [0.1, 0.15) is 38.7 Å². The van der Waals surface area contributed by atoms with Crippen LogP contribution in [0.5, 0.6) is 11.5 Å². The molecule has 0 amide bonds. The first-order valence-corrected chi connectivity index (χ1v) is 13.5. The van der Waals surface area contributed by atoms with Gasteiger partial charge < -0.3 is 14.4 Å². The molecule has 0 bridgehead atoms. The van der Waals surface area contributed by atoms with E-state index in [4.69, 9.17) is 19.0 Å². The first-order chi connectivity index (χ1) is 19.5. The molecule has 5 rings (SSSR count). The van der Waals surface area contributed by atoms with Crippen molar-refractivity contribution >= 4 is 11.5 Å². The number of unbranched alkanes of at least 4 members (excludes halogenated alkanes) is 1. The summed E-state index contributed by atoms with van der Waals surface area (Å²) in [6, 6.07) is 22.4. The van der Waals surface area contributed by atoms with E-state index in [9.17, 15) is 4.79 Å². The molecule has 0 radical (unpaired) electrons. The van der Waals surface area contributed by atoms with E-state index in [1.54, 1.807) is 14.2 Å². The fourth-order valence-corrected chi connectivity index (χ4v) is 5.07. The molecule has 1 aromatic heterocycles. The van der Waals surface area contributed by atoms with Gasteiger partial charge in [-0.3, -0.25) is 9.51 Å². The number of ether oxygens (including phenoxy) is 2. The zero-order chi connectivity index (χ0) is 28.1. The van der Waals surface area contributed by atoms with E-state index in [0.717, 1.165) is 60.4 Å². The lowest BCUT2D eigenvalue weighted by Crippen LogP contribution is -2.34. The molecule has 3 aromatic carbocycles. The molecule has 8 nitrogen and oxygen atoms in total. The number of amidine groups is 1. The van der Waals surface area contributed by atoms with Crippen LogP contribution in [-0.4, -0.2) is 36.7 Å². The predicted octanol–water partition coefficient (Wildman–Crippen LogP) is 6.64. The molecule has 0 aliphatic carbocycles. The minimum Gasteiger partial charge on any atom is -0.493 e. The van der Waals surface area contributed by atoms with E-state index in [-0.39, 0.29) is 0 Å². The Morgan fingerprint density at radius 3 is 2.40 bits per heavy atom. The lowest BCUT2D eigenvalue weighted by Gasteiger charge is -2.31. The van der Waals surface area contributed by atoms with Crippen LogP contribution in [0, 0.1) is 0 Å². The molecule has 2 heterocycles. The first kappa shape index (κ1) is 27.0. The molecule has 1 aliphatic heterocycles. The van der Waals surface area contributed by atoms with Crippen molar-refractivity contribution in [2.24, 2.45) is 4.99 Å². The number of aromatic amines is 1. The van der Waals surface area contributed by atoms with Gasteiger partial charge in [-0.25, -0.2) is 9.79 Å². The van der Waals surface area contributed by atoms with E-state index in [1.165, 1.54) is 16.8 Å². The van der Waals surface area contributed by atoms with Gasteiger partial charge in [-0.1, -0.05) is 67.0 Å². The van der Waals surface area contributed by atoms with Crippen molar-refractivity contribution in [1.82, 2.24) is 10.1 Å². The monoisotopic (exact) mass is 538 g/mol. The Balaban J connectivity index is 1.42. The highest BCUT2D eigenvalue weighted by molar-refractivity contribution is 5.98. The average molecular weight is 539 g/mol. The zero-order valence-electron chi connectivity index (χ0n) is 23.4. The Labute approximate surface area is 234 Å². The fraction of sp³-hybridized carbons (Fsp3) is 0.281. The molecule has 206 valence electrons. The van der Waals surface area contributed by atoms with Gasteiger partial charge in [-0.05, 0) is 60.6 Å². The highest BCUT2D eigenvalue weighted by Gasteiger charge is 2.22. The second kappa shape index (κ2) is 12.1. The van der Waals surface area contributed by atoms with Gasteiger partial charge in [0.1, 0.15) is 5.84 Å². The number of H-pyrrole nitrogens is 1. The molecular weight excluding hydrogens is 504 g/mol. The summed E-state index contributed by atoms with van der Waals surface area (Å²) in [7, 11) is 3.30. The quantitative estimate of drug-likeness (QED) is 0.243. The van der Waals surface area contributed by atoms with Gasteiger partial charge in [-0.2, -0.15) is 0 Å². The number of nitrogens with zero attached hydrogens (tertiary/aromatic N) is 3. The van der Waals surface area contributed by atoms with Crippen LogP contribution in [-0.2, 0) is 6.42 Å². The molecular formula is C32H34N4O4. The van der Waals surface area contributed by atoms with Gasteiger partial charge in [0.2, 0.25) is 0 Å². The van der Waals surface area contributed by atoms with E-state index >= 15 is 0 Å². The van der Waals surface area contributed by atoms with Crippen LogP contribution in [0.25, 0.3) is 22.5 Å². The molecule has 0 spiro atoms. The summed E-state index contributed by atoms with van der Waals surface area (Å²) >= 11 is 0. The van der Waals surface area contributed by atoms with Crippen LogP contribution in [0.2, 0.25) is 0 Å². The van der Waals surface area contributed by atoms with Crippen LogP contribution >= 0.6 is 0 Å². The van der Waals surface area contributed by atoms with Crippen molar-refractivity contribution in [3.8, 4) is 34.0 Å². The van der Waals surface area contributed by atoms with Crippen molar-refractivity contribution in [2.75, 3.05) is 25.7 Å². The number of nitrogens with one attached hydrogen (secondary N) is 1. The lowest BCUT2D eigenvalue weighted by atomic mass is 9.95. The molecule has 0 fully saturated rings. The SMILES string of the molecule is CCCCC1=C(Cc2ccc(-c3ccccc3-c3noc(=O)[nH]3)cc2)CN(c2ccc(OC)c(OC)c2)C(C)=N1. The molecule has 1 aliphatic rings. The standard InChI is InChI=1S/C32H34N4O4/c1-5-6-11-28-24(20-36(21(2)33-28)25-16-17-29(38-3)30(19-25)39-4)18-22-12-14-23(15-13-22)26-9-7-8-10-27(26)31-34-32(37)40-35-31/h7-10,12-17,19H,5-6,11,18,20H2,1-4H3,(H,34,35,37). The van der Waals surface area contributed by atoms with E-state index in [2.05, 4.69) is 53.2 Å². The maximum atomic E-state index is 11.5. The highest BCUT2D eigenvalue weighted by Crippen LogP contribution is 2.35. The molecule has 0 unspecified atom stereocenters. The number of rotatable bonds is 10. The Bertz CT molecular complexity index is 1600. The van der Waals surface area contributed by atoms with Gasteiger partial charge in [-0.15, -0.1) is 0 Å². The number of anilines is 1. The van der Waals surface area contributed by atoms with Crippen molar-refractivity contribution in [1.29, 1.82) is 0 Å². The second-order valence-electron chi connectivity index (χ2n) is 9.80. The Morgan fingerprint density at radius 2 is 1.73 bits per heavy atom. The molecule has 0 atom stereocenters. The first-order valence-electron chi connectivity index (χ1n) is 13.5. The maximum absolute atomic E-state index is 11.5. The largest absolute Gasteiger partial charge is 0.493 e. The smallest absolute Gasteiger partial charge is 0.439 e. The van der Waals surface area contributed by atoms with Gasteiger partial charge in [0.25, 0.3) is 0 Å². The Kier molecular flexibility index (Phi) is 8.15. The number of allylic oxidation sites excluding steroid dienone is 1. The summed E-state index contributed by atoms with van der Waals surface area (Å²) in [5, 5.41) is 3.88. The summed E-state index contributed by atoms with van der Waals surface area (Å²) in [5.74, 6) is 2.22. The molecule has 8 heteroatoms. The number of aromatic nitrogens is 2. The van der Waals surface area contributed by atoms with Gasteiger partial charge in [0.15, 0.2) is 17.3 Å². The van der Waals surface area contributed by atoms with Crippen molar-refractivity contribution in [3.63, 3.8) is 0 Å². The number of hydrogen-bond acceptors (Lipinski definition) is 7. The predicted molar refractivity (Wildman–Crippen MR) is 158 cm³/mol. The van der Waals surface area contributed by atoms with Crippen LogP contribution in [0.3, 0.4) is 0 Å². The molecule has 0 saturated heterocycles. The molecule has 4 aromatic rings. The summed E-state index contributed by atoms with van der Waals surface area (Å²) in [6.07, 6.45) is 3.99. The third-order valence-corrected chi connectivity index (χ3v) is 7.20. The molecule has 1 N–H and O–H groups in total. The van der Waals surface area contributed by atoms with Crippen LogP contribution < -0.4 is 20.1 Å². The fourth-order valence-electron chi connectivity index (χ4n) is 5.07. The maximum Gasteiger partial charge on any atom is 0.439 e. The summed E-state index contributed by atoms with van der Waals surface area (Å²) in [6.45, 7) is 5.03. The van der Waals surface area contributed by atoms with Crippen molar-refractivity contribution < 1.29 is 14.0 Å². The Hall–Kier alpha value is -4.59. The summed E-state index contributed by atoms with van der Waals surface area (Å²) in [4.78, 5) is 21.5. The summed E-state index contributed by atoms with van der Waals surface area (Å²) < 4.78 is 15.7. The minimum absolute atomic E-state index is 0.418. The normalized spacial score (nSPS) is 13.4. The number of methoxy groups -OCH3 is 2. The van der Waals surface area contributed by atoms with E-state index in [1.807, 2.05) is 42.5 Å². The third-order valence-electron chi connectivity index (χ3n) is 7.20. The minimum atomic E-state index is -0.570. The van der Waals surface area contributed by atoms with Crippen molar-refractivity contribution in [3.05, 3.63) is 94.1 Å². The third kappa shape index (κ3) is 5.71. The number of hydrogen-bond donors (Lipinski definition) is 1. The van der Waals surface area contributed by atoms with Crippen molar-refractivity contribution in [2.45, 2.75) is 39.5 Å². The number of benzene rings is 3.